The van der Waals surface area contributed by atoms with E-state index in [2.05, 4.69) is 5.32 Å². The maximum Gasteiger partial charge on any atom is 0.334 e. The molecule has 0 unspecified atom stereocenters. The molecule has 0 aromatic carbocycles. The van der Waals surface area contributed by atoms with Crippen molar-refractivity contribution in [3.05, 3.63) is 11.4 Å². The number of amides is 7. The summed E-state index contributed by atoms with van der Waals surface area (Å²) in [5.41, 5.74) is 4.89. The van der Waals surface area contributed by atoms with Gasteiger partial charge in [-0.15, -0.1) is 0 Å². The molecular weight excluding hydrogens is 440 g/mol. The zero-order valence-corrected chi connectivity index (χ0v) is 20.3. The van der Waals surface area contributed by atoms with E-state index in [1.807, 2.05) is 6.92 Å². The molecule has 7 amide bonds. The van der Waals surface area contributed by atoms with E-state index in [0.29, 0.717) is 32.1 Å². The van der Waals surface area contributed by atoms with Gasteiger partial charge >= 0.3 is 12.1 Å². The van der Waals surface area contributed by atoms with Crippen LogP contribution in [0.15, 0.2) is 11.4 Å². The molecular formula is C23H34N6O5. The van der Waals surface area contributed by atoms with Crippen LogP contribution < -0.4 is 11.1 Å². The highest BCUT2D eigenvalue weighted by Gasteiger charge is 2.67. The number of nitrogens with one attached hydrogen (secondary N) is 1. The van der Waals surface area contributed by atoms with Crippen molar-refractivity contribution in [1.29, 1.82) is 0 Å². The zero-order valence-electron chi connectivity index (χ0n) is 20.3. The first-order valence-electron chi connectivity index (χ1n) is 12.0. The summed E-state index contributed by atoms with van der Waals surface area (Å²) >= 11 is 0. The maximum atomic E-state index is 13.3. The Labute approximate surface area is 199 Å². The second kappa shape index (κ2) is 8.28. The van der Waals surface area contributed by atoms with Gasteiger partial charge < -0.3 is 16.0 Å². The van der Waals surface area contributed by atoms with Gasteiger partial charge in [-0.05, 0) is 50.4 Å². The van der Waals surface area contributed by atoms with Crippen molar-refractivity contribution in [3.8, 4) is 0 Å². The average molecular weight is 475 g/mol. The number of carbonyl (C=O) groups is 5. The molecule has 4 rings (SSSR count). The lowest BCUT2D eigenvalue weighted by Crippen LogP contribution is -2.65. The first-order chi connectivity index (χ1) is 16.0. The van der Waals surface area contributed by atoms with Crippen LogP contribution in [-0.4, -0.2) is 88.7 Å². The number of rotatable bonds is 5. The van der Waals surface area contributed by atoms with E-state index in [1.165, 1.54) is 23.9 Å². The number of nitrogens with zero attached hydrogens (tertiary/aromatic N) is 4. The topological polar surface area (TPSA) is 136 Å². The van der Waals surface area contributed by atoms with Gasteiger partial charge in [0.1, 0.15) is 16.9 Å². The summed E-state index contributed by atoms with van der Waals surface area (Å²) in [5, 5.41) is 2.67. The molecule has 2 heterocycles. The Kier molecular flexibility index (Phi) is 5.85. The fraction of sp³-hybridized carbons (Fsp3) is 0.696. The van der Waals surface area contributed by atoms with Crippen molar-refractivity contribution in [1.82, 2.24) is 24.9 Å². The third-order valence-electron chi connectivity index (χ3n) is 8.24. The molecule has 0 aromatic rings. The standard InChI is InChI=1S/C23H34N6O5/c1-5-6-11-28-17(30)15(16(24)25-2)18(31)29(21(28)34)14-7-9-22(10-8-14)12-23(13-22)19(32)26(3)20(33)27(23)4/h14,25H,5-13,24H2,1-4H3/b16-15+. The normalized spacial score (nSPS) is 33.4. The number of unbranched alkanes of at least 4 members (excludes halogenated alkanes) is 1. The van der Waals surface area contributed by atoms with Gasteiger partial charge in [0.05, 0.1) is 0 Å². The van der Waals surface area contributed by atoms with Gasteiger partial charge in [-0.25, -0.2) is 9.59 Å². The third-order valence-corrected chi connectivity index (χ3v) is 8.24. The van der Waals surface area contributed by atoms with E-state index in [0.717, 1.165) is 24.2 Å². The van der Waals surface area contributed by atoms with Crippen LogP contribution in [0.4, 0.5) is 9.59 Å². The van der Waals surface area contributed by atoms with Crippen molar-refractivity contribution in [2.75, 3.05) is 27.7 Å². The van der Waals surface area contributed by atoms with Crippen molar-refractivity contribution in [3.63, 3.8) is 0 Å². The number of hydrogen-bond donors (Lipinski definition) is 2. The van der Waals surface area contributed by atoms with Crippen molar-refractivity contribution in [2.24, 2.45) is 11.1 Å². The van der Waals surface area contributed by atoms with E-state index >= 15 is 0 Å². The van der Waals surface area contributed by atoms with Crippen LogP contribution in [0, 0.1) is 5.41 Å². The Morgan fingerprint density at radius 3 is 2.15 bits per heavy atom. The number of likely N-dealkylation sites (N-methyl/N-ethyl adjacent to an activating group) is 2. The minimum atomic E-state index is -0.768. The fourth-order valence-electron chi connectivity index (χ4n) is 6.20. The Balaban J connectivity index is 1.51. The molecule has 2 saturated carbocycles. The summed E-state index contributed by atoms with van der Waals surface area (Å²) in [6, 6.07) is -1.21. The summed E-state index contributed by atoms with van der Waals surface area (Å²) in [5.74, 6) is -1.51. The molecule has 0 radical (unpaired) electrons. The molecule has 34 heavy (non-hydrogen) atoms. The van der Waals surface area contributed by atoms with E-state index in [9.17, 15) is 24.0 Å². The van der Waals surface area contributed by atoms with Crippen LogP contribution >= 0.6 is 0 Å². The Bertz CT molecular complexity index is 974. The van der Waals surface area contributed by atoms with Crippen molar-refractivity contribution in [2.45, 2.75) is 69.9 Å². The highest BCUT2D eigenvalue weighted by Crippen LogP contribution is 2.61. The summed E-state index contributed by atoms with van der Waals surface area (Å²) in [4.78, 5) is 69.5. The van der Waals surface area contributed by atoms with Crippen molar-refractivity contribution >= 4 is 29.8 Å². The number of hydrogen-bond acceptors (Lipinski definition) is 7. The zero-order chi connectivity index (χ0) is 25.0. The SMILES string of the molecule is CCCCN1C(=O)/C(=C(/N)NC)C(=O)N(C2CCC3(CC2)CC2(C3)C(=O)N(C)C(=O)N2C)C1=O. The Morgan fingerprint density at radius 2 is 1.65 bits per heavy atom. The van der Waals surface area contributed by atoms with Crippen LogP contribution in [0.25, 0.3) is 0 Å². The lowest BCUT2D eigenvalue weighted by Gasteiger charge is -2.58. The minimum absolute atomic E-state index is 0.0428. The van der Waals surface area contributed by atoms with Gasteiger partial charge in [0, 0.05) is 33.7 Å². The number of nitrogens with two attached hydrogens (primary N) is 1. The van der Waals surface area contributed by atoms with E-state index in [-0.39, 0.29) is 41.3 Å². The van der Waals surface area contributed by atoms with Gasteiger partial charge in [-0.3, -0.25) is 29.1 Å². The molecule has 3 N–H and O–H groups in total. The second-order valence-corrected chi connectivity index (χ2v) is 10.1. The predicted molar refractivity (Wildman–Crippen MR) is 122 cm³/mol. The van der Waals surface area contributed by atoms with Gasteiger partial charge in [0.25, 0.3) is 17.7 Å². The molecule has 0 bridgehead atoms. The van der Waals surface area contributed by atoms with E-state index < -0.39 is 23.4 Å². The quantitative estimate of drug-likeness (QED) is 0.344. The lowest BCUT2D eigenvalue weighted by atomic mass is 9.51. The first kappa shape index (κ1) is 24.0. The molecule has 2 aliphatic carbocycles. The largest absolute Gasteiger partial charge is 0.385 e. The minimum Gasteiger partial charge on any atom is -0.385 e. The monoisotopic (exact) mass is 474 g/mol. The molecule has 4 aliphatic rings. The van der Waals surface area contributed by atoms with E-state index in [1.54, 1.807) is 11.9 Å². The lowest BCUT2D eigenvalue weighted by molar-refractivity contribution is -0.149. The number of urea groups is 2. The number of imide groups is 3. The number of barbiturate groups is 1. The average Bonchev–Trinajstić information content (AvgIpc) is 2.95. The third kappa shape index (κ3) is 3.27. The smallest absolute Gasteiger partial charge is 0.334 e. The molecule has 0 atom stereocenters. The predicted octanol–water partition coefficient (Wildman–Crippen LogP) is 0.952. The van der Waals surface area contributed by atoms with Gasteiger partial charge in [0.15, 0.2) is 0 Å². The fourth-order valence-corrected chi connectivity index (χ4v) is 6.20. The van der Waals surface area contributed by atoms with Crippen LogP contribution in [0.2, 0.25) is 0 Å². The van der Waals surface area contributed by atoms with Gasteiger partial charge in [-0.1, -0.05) is 13.3 Å². The molecule has 2 spiro atoms. The highest BCUT2D eigenvalue weighted by atomic mass is 16.2. The molecule has 186 valence electrons. The molecule has 2 aliphatic heterocycles. The summed E-state index contributed by atoms with van der Waals surface area (Å²) in [6.07, 6.45) is 5.26. The molecule has 4 fully saturated rings. The van der Waals surface area contributed by atoms with Gasteiger partial charge in [0.2, 0.25) is 0 Å². The Morgan fingerprint density at radius 1 is 1.03 bits per heavy atom. The number of carbonyl (C=O) groups excluding carboxylic acids is 5. The van der Waals surface area contributed by atoms with Crippen molar-refractivity contribution < 1.29 is 24.0 Å². The molecule has 0 aromatic heterocycles. The molecule has 11 nitrogen and oxygen atoms in total. The summed E-state index contributed by atoms with van der Waals surface area (Å²) in [7, 11) is 4.72. The summed E-state index contributed by atoms with van der Waals surface area (Å²) < 4.78 is 0. The summed E-state index contributed by atoms with van der Waals surface area (Å²) in [6.45, 7) is 2.19. The van der Waals surface area contributed by atoms with Crippen LogP contribution in [0.5, 0.6) is 0 Å². The first-order valence-corrected chi connectivity index (χ1v) is 12.0. The second-order valence-electron chi connectivity index (χ2n) is 10.1. The van der Waals surface area contributed by atoms with Crippen LogP contribution in [0.1, 0.15) is 58.3 Å². The van der Waals surface area contributed by atoms with E-state index in [4.69, 9.17) is 5.73 Å². The Hall–Kier alpha value is -3.11. The highest BCUT2D eigenvalue weighted by molar-refractivity contribution is 6.29. The van der Waals surface area contributed by atoms with Crippen LogP contribution in [-0.2, 0) is 14.4 Å². The van der Waals surface area contributed by atoms with Gasteiger partial charge in [-0.2, -0.15) is 0 Å². The van der Waals surface area contributed by atoms with Crippen LogP contribution in [0.3, 0.4) is 0 Å². The molecule has 11 heteroatoms. The maximum absolute atomic E-state index is 13.3. The molecule has 2 saturated heterocycles.